The lowest BCUT2D eigenvalue weighted by atomic mass is 9.84. The molecule has 1 atom stereocenters. The summed E-state index contributed by atoms with van der Waals surface area (Å²) in [5.41, 5.74) is 9.19. The summed E-state index contributed by atoms with van der Waals surface area (Å²) in [5.74, 6) is -0.0328. The van der Waals surface area contributed by atoms with Crippen molar-refractivity contribution in [3.8, 4) is 11.8 Å². The number of hydrogen-bond donors (Lipinski definition) is 1. The highest BCUT2D eigenvalue weighted by Crippen LogP contribution is 2.40. The van der Waals surface area contributed by atoms with Crippen molar-refractivity contribution in [2.45, 2.75) is 19.8 Å². The number of ether oxygens (including phenoxy) is 1. The fourth-order valence-corrected chi connectivity index (χ4v) is 2.83. The largest absolute Gasteiger partial charge is 0.440 e. The first-order valence-corrected chi connectivity index (χ1v) is 7.28. The summed E-state index contributed by atoms with van der Waals surface area (Å²) in [4.78, 5) is 12.8. The zero-order valence-corrected chi connectivity index (χ0v) is 13.3. The average molecular weight is 307 g/mol. The van der Waals surface area contributed by atoms with E-state index in [1.54, 1.807) is 17.7 Å². The van der Waals surface area contributed by atoms with Crippen molar-refractivity contribution in [1.82, 2.24) is 4.57 Å². The fraction of sp³-hybridized carbons (Fsp3) is 0.222. The van der Waals surface area contributed by atoms with E-state index in [0.717, 1.165) is 16.8 Å². The summed E-state index contributed by atoms with van der Waals surface area (Å²) in [6.07, 6.45) is 0. The minimum absolute atomic E-state index is 0.0539. The smallest absolute Gasteiger partial charge is 0.258 e. The van der Waals surface area contributed by atoms with Crippen LogP contribution in [0.1, 0.15) is 28.3 Å². The van der Waals surface area contributed by atoms with Crippen LogP contribution in [0.15, 0.2) is 46.6 Å². The van der Waals surface area contributed by atoms with E-state index in [1.165, 1.54) is 0 Å². The van der Waals surface area contributed by atoms with Crippen LogP contribution in [-0.2, 0) is 7.05 Å². The summed E-state index contributed by atoms with van der Waals surface area (Å²) in [6, 6.07) is 11.6. The summed E-state index contributed by atoms with van der Waals surface area (Å²) in [6.45, 7) is 3.81. The van der Waals surface area contributed by atoms with Crippen LogP contribution in [-0.4, -0.2) is 4.57 Å². The number of hydrogen-bond acceptors (Lipinski definition) is 4. The van der Waals surface area contributed by atoms with Gasteiger partial charge in [-0.15, -0.1) is 0 Å². The number of rotatable bonds is 1. The molecule has 1 aliphatic rings. The summed E-state index contributed by atoms with van der Waals surface area (Å²) >= 11 is 0. The maximum absolute atomic E-state index is 12.8. The predicted molar refractivity (Wildman–Crippen MR) is 86.9 cm³/mol. The van der Waals surface area contributed by atoms with Crippen LogP contribution in [0.4, 0.5) is 0 Å². The first kappa shape index (κ1) is 14.9. The predicted octanol–water partition coefficient (Wildman–Crippen LogP) is 2.22. The van der Waals surface area contributed by atoms with E-state index in [0.29, 0.717) is 11.3 Å². The van der Waals surface area contributed by atoms with E-state index in [9.17, 15) is 10.1 Å². The number of fused-ring (bicyclic) bond motifs is 1. The maximum Gasteiger partial charge on any atom is 0.258 e. The zero-order valence-electron chi connectivity index (χ0n) is 13.3. The number of pyridine rings is 1. The molecule has 5 heteroatoms. The Hall–Kier alpha value is -3.00. The minimum Gasteiger partial charge on any atom is -0.440 e. The number of nitriles is 1. The zero-order chi connectivity index (χ0) is 16.7. The summed E-state index contributed by atoms with van der Waals surface area (Å²) in [5, 5.41) is 9.51. The highest BCUT2D eigenvalue weighted by atomic mass is 16.5. The second-order valence-corrected chi connectivity index (χ2v) is 5.76. The van der Waals surface area contributed by atoms with Crippen LogP contribution in [0.5, 0.6) is 5.75 Å². The van der Waals surface area contributed by atoms with E-state index in [4.69, 9.17) is 10.5 Å². The molecule has 0 bridgehead atoms. The SMILES string of the molecule is Cc1ccc(C2C(C#N)=C(N)Oc3cc(C)n(C)c(=O)c32)cc1. The topological polar surface area (TPSA) is 81.0 Å². The van der Waals surface area contributed by atoms with Crippen LogP contribution in [0.25, 0.3) is 0 Å². The van der Waals surface area contributed by atoms with Gasteiger partial charge in [-0.25, -0.2) is 0 Å². The Morgan fingerprint density at radius 3 is 2.52 bits per heavy atom. The highest BCUT2D eigenvalue weighted by Gasteiger charge is 2.33. The normalized spacial score (nSPS) is 16.5. The third-order valence-corrected chi connectivity index (χ3v) is 4.26. The molecular formula is C18H17N3O2. The molecule has 1 aromatic heterocycles. The molecular weight excluding hydrogens is 290 g/mol. The highest BCUT2D eigenvalue weighted by molar-refractivity contribution is 5.55. The molecule has 3 rings (SSSR count). The van der Waals surface area contributed by atoms with Gasteiger partial charge in [-0.1, -0.05) is 29.8 Å². The van der Waals surface area contributed by atoms with E-state index in [-0.39, 0.29) is 17.0 Å². The molecule has 0 amide bonds. The molecule has 23 heavy (non-hydrogen) atoms. The van der Waals surface area contributed by atoms with E-state index < -0.39 is 5.92 Å². The van der Waals surface area contributed by atoms with Crippen LogP contribution >= 0.6 is 0 Å². The van der Waals surface area contributed by atoms with Crippen molar-refractivity contribution >= 4 is 0 Å². The molecule has 1 unspecified atom stereocenters. The number of nitrogens with two attached hydrogens (primary N) is 1. The monoisotopic (exact) mass is 307 g/mol. The van der Waals surface area contributed by atoms with Crippen molar-refractivity contribution < 1.29 is 4.74 Å². The van der Waals surface area contributed by atoms with Crippen molar-refractivity contribution in [2.24, 2.45) is 12.8 Å². The molecule has 0 saturated carbocycles. The third-order valence-electron chi connectivity index (χ3n) is 4.26. The average Bonchev–Trinajstić information content (AvgIpc) is 2.52. The molecule has 0 fully saturated rings. The lowest BCUT2D eigenvalue weighted by Gasteiger charge is -2.26. The van der Waals surface area contributed by atoms with Gasteiger partial charge in [0.2, 0.25) is 5.88 Å². The number of benzene rings is 1. The van der Waals surface area contributed by atoms with Crippen molar-refractivity contribution in [3.05, 3.63) is 74.5 Å². The van der Waals surface area contributed by atoms with E-state index in [2.05, 4.69) is 6.07 Å². The van der Waals surface area contributed by atoms with Gasteiger partial charge < -0.3 is 15.0 Å². The number of nitrogens with zero attached hydrogens (tertiary/aromatic N) is 2. The Balaban J connectivity index is 2.33. The first-order valence-electron chi connectivity index (χ1n) is 7.28. The van der Waals surface area contributed by atoms with Crippen molar-refractivity contribution in [2.75, 3.05) is 0 Å². The first-order chi connectivity index (χ1) is 10.9. The van der Waals surface area contributed by atoms with Crippen molar-refractivity contribution in [3.63, 3.8) is 0 Å². The molecule has 116 valence electrons. The van der Waals surface area contributed by atoms with Crippen LogP contribution < -0.4 is 16.0 Å². The summed E-state index contributed by atoms with van der Waals surface area (Å²) in [7, 11) is 1.71. The molecule has 0 spiro atoms. The van der Waals surface area contributed by atoms with Gasteiger partial charge in [-0.2, -0.15) is 5.26 Å². The maximum atomic E-state index is 12.8. The van der Waals surface area contributed by atoms with Crippen molar-refractivity contribution in [1.29, 1.82) is 5.26 Å². The van der Waals surface area contributed by atoms with Crippen LogP contribution in [0.3, 0.4) is 0 Å². The Kier molecular flexibility index (Phi) is 3.45. The second kappa shape index (κ2) is 5.33. The summed E-state index contributed by atoms with van der Waals surface area (Å²) < 4.78 is 7.10. The van der Waals surface area contributed by atoms with Gasteiger partial charge in [0.1, 0.15) is 17.4 Å². The number of aromatic nitrogens is 1. The molecule has 0 saturated heterocycles. The number of allylic oxidation sites excluding steroid dienone is 1. The molecule has 0 radical (unpaired) electrons. The molecule has 1 aliphatic heterocycles. The standard InChI is InChI=1S/C18H17N3O2/c1-10-4-6-12(7-5-10)15-13(9-19)17(20)23-14-8-11(2)21(3)18(22)16(14)15/h4-8,15H,20H2,1-3H3. The van der Waals surface area contributed by atoms with Gasteiger partial charge in [0, 0.05) is 18.8 Å². The van der Waals surface area contributed by atoms with Gasteiger partial charge >= 0.3 is 0 Å². The Labute approximate surface area is 134 Å². The molecule has 2 aromatic rings. The Morgan fingerprint density at radius 1 is 1.26 bits per heavy atom. The quantitative estimate of drug-likeness (QED) is 0.876. The van der Waals surface area contributed by atoms with Gasteiger partial charge in [-0.05, 0) is 19.4 Å². The molecule has 0 aliphatic carbocycles. The molecule has 1 aromatic carbocycles. The Bertz CT molecular complexity index is 915. The van der Waals surface area contributed by atoms with Gasteiger partial charge in [0.05, 0.1) is 11.5 Å². The Morgan fingerprint density at radius 2 is 1.91 bits per heavy atom. The van der Waals surface area contributed by atoms with Gasteiger partial charge in [0.15, 0.2) is 0 Å². The second-order valence-electron chi connectivity index (χ2n) is 5.76. The molecule has 2 N–H and O–H groups in total. The van der Waals surface area contributed by atoms with E-state index >= 15 is 0 Å². The third kappa shape index (κ3) is 2.29. The van der Waals surface area contributed by atoms with Crippen LogP contribution in [0, 0.1) is 25.2 Å². The molecule has 5 nitrogen and oxygen atoms in total. The lowest BCUT2D eigenvalue weighted by molar-refractivity contribution is 0.389. The fourth-order valence-electron chi connectivity index (χ4n) is 2.83. The lowest BCUT2D eigenvalue weighted by Crippen LogP contribution is -2.31. The molecule has 2 heterocycles. The minimum atomic E-state index is -0.511. The van der Waals surface area contributed by atoms with Gasteiger partial charge in [-0.3, -0.25) is 4.79 Å². The van der Waals surface area contributed by atoms with Gasteiger partial charge in [0.25, 0.3) is 5.56 Å². The van der Waals surface area contributed by atoms with Crippen LogP contribution in [0.2, 0.25) is 0 Å². The number of aryl methyl sites for hydroxylation is 2. The van der Waals surface area contributed by atoms with E-state index in [1.807, 2.05) is 38.1 Å².